The number of hydrogen-bond acceptors (Lipinski definition) is 3. The summed E-state index contributed by atoms with van der Waals surface area (Å²) in [6.45, 7) is 0.585. The molecule has 0 atom stereocenters. The lowest BCUT2D eigenvalue weighted by Gasteiger charge is -2.05. The van der Waals surface area contributed by atoms with E-state index in [4.69, 9.17) is 16.9 Å². The Hall–Kier alpha value is -1.99. The summed E-state index contributed by atoms with van der Waals surface area (Å²) in [4.78, 5) is 0. The van der Waals surface area contributed by atoms with Gasteiger partial charge in [-0.1, -0.05) is 17.7 Å². The molecule has 1 heterocycles. The number of aryl methyl sites for hydroxylation is 1. The van der Waals surface area contributed by atoms with Gasteiger partial charge in [-0.2, -0.15) is 10.4 Å². The highest BCUT2D eigenvalue weighted by atomic mass is 35.5. The lowest BCUT2D eigenvalue weighted by Crippen LogP contribution is -2.01. The van der Waals surface area contributed by atoms with Crippen LogP contribution in [0.4, 0.5) is 5.82 Å². The monoisotopic (exact) mass is 246 g/mol. The van der Waals surface area contributed by atoms with E-state index in [-0.39, 0.29) is 0 Å². The molecule has 0 saturated carbocycles. The molecule has 0 radical (unpaired) electrons. The normalized spacial score (nSPS) is 9.94. The number of rotatable bonds is 3. The second-order valence-corrected chi connectivity index (χ2v) is 4.05. The lowest BCUT2D eigenvalue weighted by atomic mass is 10.1. The standard InChI is InChI=1S/C12H11ClN4/c1-17-5-4-12(16-17)15-8-10-3-2-9(7-14)6-11(10)13/h2-6H,8H2,1H3,(H,15,16). The van der Waals surface area contributed by atoms with Crippen molar-refractivity contribution in [3.05, 3.63) is 46.6 Å². The third kappa shape index (κ3) is 2.77. The molecule has 0 unspecified atom stereocenters. The van der Waals surface area contributed by atoms with Gasteiger partial charge in [-0.15, -0.1) is 0 Å². The highest BCUT2D eigenvalue weighted by molar-refractivity contribution is 6.31. The maximum atomic E-state index is 8.73. The van der Waals surface area contributed by atoms with Crippen molar-refractivity contribution < 1.29 is 0 Å². The van der Waals surface area contributed by atoms with Crippen LogP contribution in [0.5, 0.6) is 0 Å². The molecular formula is C12H11ClN4. The largest absolute Gasteiger partial charge is 0.364 e. The molecule has 0 spiro atoms. The van der Waals surface area contributed by atoms with Gasteiger partial charge in [-0.05, 0) is 17.7 Å². The summed E-state index contributed by atoms with van der Waals surface area (Å²) in [5.74, 6) is 0.799. The first kappa shape index (κ1) is 11.5. The van der Waals surface area contributed by atoms with Crippen LogP contribution in [0.1, 0.15) is 11.1 Å². The van der Waals surface area contributed by atoms with Crippen LogP contribution in [0.2, 0.25) is 5.02 Å². The molecule has 4 nitrogen and oxygen atoms in total. The van der Waals surface area contributed by atoms with Gasteiger partial charge in [0.15, 0.2) is 0 Å². The first-order valence-corrected chi connectivity index (χ1v) is 5.49. The predicted molar refractivity (Wildman–Crippen MR) is 66.7 cm³/mol. The molecule has 1 N–H and O–H groups in total. The van der Waals surface area contributed by atoms with E-state index >= 15 is 0 Å². The lowest BCUT2D eigenvalue weighted by molar-refractivity contribution is 0.768. The van der Waals surface area contributed by atoms with Gasteiger partial charge in [-0.25, -0.2) is 0 Å². The van der Waals surface area contributed by atoms with E-state index in [1.807, 2.05) is 25.4 Å². The molecule has 2 rings (SSSR count). The van der Waals surface area contributed by atoms with Gasteiger partial charge in [0.2, 0.25) is 0 Å². The Morgan fingerprint density at radius 1 is 1.47 bits per heavy atom. The zero-order valence-electron chi connectivity index (χ0n) is 9.31. The summed E-state index contributed by atoms with van der Waals surface area (Å²) in [5.41, 5.74) is 1.51. The first-order valence-electron chi connectivity index (χ1n) is 5.11. The van der Waals surface area contributed by atoms with E-state index < -0.39 is 0 Å². The molecule has 0 amide bonds. The quantitative estimate of drug-likeness (QED) is 0.906. The van der Waals surface area contributed by atoms with Crippen LogP contribution in [-0.2, 0) is 13.6 Å². The van der Waals surface area contributed by atoms with E-state index in [2.05, 4.69) is 16.5 Å². The maximum absolute atomic E-state index is 8.73. The smallest absolute Gasteiger partial charge is 0.148 e. The number of nitriles is 1. The first-order chi connectivity index (χ1) is 8.19. The minimum Gasteiger partial charge on any atom is -0.364 e. The molecule has 86 valence electrons. The minimum atomic E-state index is 0.566. The fraction of sp³-hybridized carbons (Fsp3) is 0.167. The van der Waals surface area contributed by atoms with Crippen LogP contribution in [0.3, 0.4) is 0 Å². The van der Waals surface area contributed by atoms with Crippen molar-refractivity contribution in [2.24, 2.45) is 7.05 Å². The van der Waals surface area contributed by atoms with Gasteiger partial charge < -0.3 is 5.32 Å². The highest BCUT2D eigenvalue weighted by Gasteiger charge is 2.02. The Kier molecular flexibility index (Phi) is 3.31. The molecule has 0 bridgehead atoms. The molecule has 0 aliphatic rings. The van der Waals surface area contributed by atoms with Gasteiger partial charge in [0, 0.05) is 30.9 Å². The van der Waals surface area contributed by atoms with Gasteiger partial charge in [0.25, 0.3) is 0 Å². The SMILES string of the molecule is Cn1ccc(NCc2ccc(C#N)cc2Cl)n1. The highest BCUT2D eigenvalue weighted by Crippen LogP contribution is 2.18. The van der Waals surface area contributed by atoms with Gasteiger partial charge >= 0.3 is 0 Å². The van der Waals surface area contributed by atoms with Crippen molar-refractivity contribution in [2.75, 3.05) is 5.32 Å². The number of halogens is 1. The number of aromatic nitrogens is 2. The fourth-order valence-corrected chi connectivity index (χ4v) is 1.70. The van der Waals surface area contributed by atoms with Crippen molar-refractivity contribution in [2.45, 2.75) is 6.54 Å². The molecule has 17 heavy (non-hydrogen) atoms. The van der Waals surface area contributed by atoms with E-state index in [1.54, 1.807) is 16.8 Å². The Labute approximate surface area is 104 Å². The average molecular weight is 247 g/mol. The Morgan fingerprint density at radius 2 is 2.29 bits per heavy atom. The van der Waals surface area contributed by atoms with Crippen LogP contribution in [0, 0.1) is 11.3 Å². The van der Waals surface area contributed by atoms with Crippen molar-refractivity contribution >= 4 is 17.4 Å². The Balaban J connectivity index is 2.07. The van der Waals surface area contributed by atoms with Gasteiger partial charge in [0.05, 0.1) is 11.6 Å². The average Bonchev–Trinajstić information content (AvgIpc) is 2.73. The van der Waals surface area contributed by atoms with Crippen molar-refractivity contribution in [3.8, 4) is 6.07 Å². The second kappa shape index (κ2) is 4.89. The molecule has 0 saturated heterocycles. The Bertz CT molecular complexity index is 568. The molecule has 0 aliphatic carbocycles. The summed E-state index contributed by atoms with van der Waals surface area (Å²) >= 11 is 6.06. The van der Waals surface area contributed by atoms with Gasteiger partial charge in [0.1, 0.15) is 5.82 Å². The van der Waals surface area contributed by atoms with E-state index in [9.17, 15) is 0 Å². The number of anilines is 1. The van der Waals surface area contributed by atoms with Crippen LogP contribution in [0.25, 0.3) is 0 Å². The summed E-state index contributed by atoms with van der Waals surface area (Å²) in [6.07, 6.45) is 1.86. The molecule has 1 aromatic carbocycles. The summed E-state index contributed by atoms with van der Waals surface area (Å²) in [7, 11) is 1.86. The number of benzene rings is 1. The van der Waals surface area contributed by atoms with Crippen LogP contribution in [0.15, 0.2) is 30.5 Å². The Morgan fingerprint density at radius 3 is 2.88 bits per heavy atom. The van der Waals surface area contributed by atoms with Gasteiger partial charge in [-0.3, -0.25) is 4.68 Å². The van der Waals surface area contributed by atoms with Crippen molar-refractivity contribution in [3.63, 3.8) is 0 Å². The summed E-state index contributed by atoms with van der Waals surface area (Å²) in [6, 6.07) is 9.20. The summed E-state index contributed by atoms with van der Waals surface area (Å²) < 4.78 is 1.72. The molecule has 5 heteroatoms. The number of nitrogens with zero attached hydrogens (tertiary/aromatic N) is 3. The molecule has 0 fully saturated rings. The van der Waals surface area contributed by atoms with E-state index in [0.29, 0.717) is 17.1 Å². The molecule has 0 aliphatic heterocycles. The van der Waals surface area contributed by atoms with Crippen LogP contribution >= 0.6 is 11.6 Å². The van der Waals surface area contributed by atoms with Crippen molar-refractivity contribution in [1.29, 1.82) is 5.26 Å². The fourth-order valence-electron chi connectivity index (χ4n) is 1.46. The molecule has 1 aromatic heterocycles. The second-order valence-electron chi connectivity index (χ2n) is 3.65. The zero-order valence-corrected chi connectivity index (χ0v) is 10.1. The summed E-state index contributed by atoms with van der Waals surface area (Å²) in [5, 5.41) is 16.7. The topological polar surface area (TPSA) is 53.6 Å². The number of nitrogens with one attached hydrogen (secondary N) is 1. The molecule has 2 aromatic rings. The number of hydrogen-bond donors (Lipinski definition) is 1. The van der Waals surface area contributed by atoms with E-state index in [1.165, 1.54) is 0 Å². The maximum Gasteiger partial charge on any atom is 0.148 e. The third-order valence-electron chi connectivity index (χ3n) is 2.36. The van der Waals surface area contributed by atoms with E-state index in [0.717, 1.165) is 11.4 Å². The predicted octanol–water partition coefficient (Wildman–Crippen LogP) is 2.56. The van der Waals surface area contributed by atoms with Crippen molar-refractivity contribution in [1.82, 2.24) is 9.78 Å². The molecular weight excluding hydrogens is 236 g/mol. The van der Waals surface area contributed by atoms with Crippen LogP contribution in [-0.4, -0.2) is 9.78 Å². The zero-order chi connectivity index (χ0) is 12.3. The minimum absolute atomic E-state index is 0.566. The third-order valence-corrected chi connectivity index (χ3v) is 2.71. The van der Waals surface area contributed by atoms with Crippen LogP contribution < -0.4 is 5.32 Å².